The number of hydrogen-bond donors (Lipinski definition) is 7. The third-order valence-electron chi connectivity index (χ3n) is 9.78. The van der Waals surface area contributed by atoms with Crippen LogP contribution in [0.5, 0.6) is 0 Å². The minimum Gasteiger partial charge on any atom is -0.382 e. The lowest BCUT2D eigenvalue weighted by atomic mass is 9.86. The van der Waals surface area contributed by atoms with Crippen LogP contribution < -0.4 is 37.4 Å². The second kappa shape index (κ2) is 14.9. The van der Waals surface area contributed by atoms with Gasteiger partial charge in [-0.3, -0.25) is 20.0 Å². The summed E-state index contributed by atoms with van der Waals surface area (Å²) < 4.78 is 0. The Hall–Kier alpha value is -2.08. The van der Waals surface area contributed by atoms with Crippen LogP contribution in [0.25, 0.3) is 0 Å². The lowest BCUT2D eigenvalue weighted by Crippen LogP contribution is -2.62. The molecule has 1 aromatic rings. The van der Waals surface area contributed by atoms with Gasteiger partial charge in [-0.1, -0.05) is 26.3 Å². The van der Waals surface area contributed by atoms with Gasteiger partial charge >= 0.3 is 0 Å². The molecule has 2 saturated heterocycles. The number of anilines is 1. The van der Waals surface area contributed by atoms with Crippen LogP contribution in [0, 0.1) is 11.8 Å². The Balaban J connectivity index is 1.20. The first-order chi connectivity index (χ1) is 20.1. The fraction of sp³-hybridized carbons (Fsp3) is 0.742. The Labute approximate surface area is 246 Å². The molecule has 4 aliphatic rings. The van der Waals surface area contributed by atoms with Crippen LogP contribution in [0.2, 0.25) is 0 Å². The van der Waals surface area contributed by atoms with Gasteiger partial charge in [0.1, 0.15) is 0 Å². The van der Waals surface area contributed by atoms with Gasteiger partial charge in [-0.15, -0.1) is 0 Å². The highest BCUT2D eigenvalue weighted by molar-refractivity contribution is 5.95. The van der Waals surface area contributed by atoms with E-state index in [-0.39, 0.29) is 18.2 Å². The van der Waals surface area contributed by atoms with E-state index in [2.05, 4.69) is 80.5 Å². The molecule has 6 unspecified atom stereocenters. The quantitative estimate of drug-likeness (QED) is 0.206. The minimum absolute atomic E-state index is 0.00366. The maximum absolute atomic E-state index is 13.1. The molecule has 1 aromatic carbocycles. The summed E-state index contributed by atoms with van der Waals surface area (Å²) in [4.78, 5) is 20.2. The first-order valence-electron chi connectivity index (χ1n) is 16.1. The topological polar surface area (TPSA) is 117 Å². The van der Waals surface area contributed by atoms with Crippen LogP contribution in [-0.4, -0.2) is 86.9 Å². The highest BCUT2D eigenvalue weighted by Gasteiger charge is 2.44. The number of carbonyl (C=O) groups is 1. The Morgan fingerprint density at radius 2 is 2.00 bits per heavy atom. The van der Waals surface area contributed by atoms with Crippen LogP contribution in [0.1, 0.15) is 75.6 Å². The smallest absolute Gasteiger partial charge is 0.251 e. The summed E-state index contributed by atoms with van der Waals surface area (Å²) in [6, 6.07) is 9.96. The van der Waals surface area contributed by atoms with E-state index in [0.717, 1.165) is 51.1 Å². The number of benzene rings is 1. The van der Waals surface area contributed by atoms with Crippen LogP contribution >= 0.6 is 0 Å². The van der Waals surface area contributed by atoms with Crippen molar-refractivity contribution in [2.75, 3.05) is 38.7 Å². The number of hydrogen-bond acceptors (Lipinski definition) is 9. The van der Waals surface area contributed by atoms with Crippen LogP contribution in [0.3, 0.4) is 0 Å². The van der Waals surface area contributed by atoms with Crippen LogP contribution in [0.15, 0.2) is 29.3 Å². The number of hydrazine groups is 1. The molecule has 1 saturated carbocycles. The second-order valence-electron chi connectivity index (χ2n) is 12.4. The highest BCUT2D eigenvalue weighted by Crippen LogP contribution is 2.30. The number of rotatable bonds is 12. The Kier molecular flexibility index (Phi) is 11.0. The first kappa shape index (κ1) is 30.4. The molecule has 41 heavy (non-hydrogen) atoms. The molecule has 228 valence electrons. The summed E-state index contributed by atoms with van der Waals surface area (Å²) in [5.41, 5.74) is 8.98. The molecule has 5 rings (SSSR count). The molecular weight excluding hydrogens is 514 g/mol. The molecule has 0 spiro atoms. The van der Waals surface area contributed by atoms with E-state index in [9.17, 15) is 4.79 Å². The van der Waals surface area contributed by atoms with E-state index in [1.165, 1.54) is 25.7 Å². The number of nitrogens with one attached hydrogen (secondary N) is 7. The van der Waals surface area contributed by atoms with E-state index in [1.54, 1.807) is 0 Å². The monoisotopic (exact) mass is 567 g/mol. The molecular formula is C31H53N9O. The summed E-state index contributed by atoms with van der Waals surface area (Å²) >= 11 is 0. The van der Waals surface area contributed by atoms with Crippen molar-refractivity contribution < 1.29 is 4.79 Å². The average Bonchev–Trinajstić information content (AvgIpc) is 3.66. The van der Waals surface area contributed by atoms with Gasteiger partial charge in [0.2, 0.25) is 0 Å². The molecule has 3 heterocycles. The van der Waals surface area contributed by atoms with Gasteiger partial charge < -0.3 is 21.3 Å². The van der Waals surface area contributed by atoms with Gasteiger partial charge in [0, 0.05) is 67.9 Å². The zero-order valence-corrected chi connectivity index (χ0v) is 25.3. The zero-order valence-electron chi connectivity index (χ0n) is 25.3. The normalized spacial score (nSPS) is 34.1. The lowest BCUT2D eigenvalue weighted by molar-refractivity contribution is 0.0850. The molecule has 1 aliphatic carbocycles. The van der Waals surface area contributed by atoms with Crippen molar-refractivity contribution in [2.24, 2.45) is 16.8 Å². The Morgan fingerprint density at radius 3 is 2.80 bits per heavy atom. The summed E-state index contributed by atoms with van der Waals surface area (Å²) in [6.45, 7) is 7.64. The number of nitrogens with zero attached hydrogens (tertiary/aromatic N) is 2. The van der Waals surface area contributed by atoms with E-state index in [0.29, 0.717) is 48.1 Å². The van der Waals surface area contributed by atoms with Gasteiger partial charge in [-0.05, 0) is 82.0 Å². The van der Waals surface area contributed by atoms with Crippen molar-refractivity contribution in [1.29, 1.82) is 0 Å². The second-order valence-corrected chi connectivity index (χ2v) is 12.4. The zero-order chi connectivity index (χ0) is 28.6. The minimum atomic E-state index is -0.00366. The van der Waals surface area contributed by atoms with E-state index >= 15 is 0 Å². The van der Waals surface area contributed by atoms with Crippen molar-refractivity contribution in [3.8, 4) is 0 Å². The molecule has 3 fully saturated rings. The predicted molar refractivity (Wildman–Crippen MR) is 167 cm³/mol. The SMILES string of the molecule is CCCC1CC(C2NNC(CNc3cccc(C(=O)NCC4CCN=CC4CC)c3)N2[C@H]2CC[C@@H](NC)C2)NCN1. The molecule has 10 nitrogen and oxygen atoms in total. The van der Waals surface area contributed by atoms with E-state index in [4.69, 9.17) is 0 Å². The molecule has 1 amide bonds. The molecule has 0 radical (unpaired) electrons. The molecule has 3 aliphatic heterocycles. The van der Waals surface area contributed by atoms with Crippen LogP contribution in [-0.2, 0) is 0 Å². The fourth-order valence-corrected chi connectivity index (χ4v) is 7.37. The fourth-order valence-electron chi connectivity index (χ4n) is 7.37. The van der Waals surface area contributed by atoms with Crippen molar-refractivity contribution in [3.63, 3.8) is 0 Å². The molecule has 7 N–H and O–H groups in total. The third kappa shape index (κ3) is 7.66. The van der Waals surface area contributed by atoms with Crippen LogP contribution in [0.4, 0.5) is 5.69 Å². The van der Waals surface area contributed by atoms with Crippen molar-refractivity contribution in [3.05, 3.63) is 29.8 Å². The largest absolute Gasteiger partial charge is 0.382 e. The standard InChI is InChI=1S/C31H53N9O/c1-4-7-25-16-28(37-20-36-25)30-39-38-29(40(30)27-11-10-24(15-27)32-3)19-34-26-9-6-8-22(14-26)31(41)35-18-23-12-13-33-17-21(23)5-2/h6,8-9,14,17,21,23-25,27-30,32,34,36-39H,4-5,7,10-13,15-16,18-20H2,1-3H3,(H,35,41)/t21?,23?,24-,25?,27+,28?,29?,30?/m1/s1. The van der Waals surface area contributed by atoms with Gasteiger partial charge in [-0.25, -0.2) is 10.9 Å². The van der Waals surface area contributed by atoms with Gasteiger partial charge in [0.05, 0.1) is 12.3 Å². The van der Waals surface area contributed by atoms with Crippen molar-refractivity contribution in [2.45, 2.75) is 102 Å². The number of aliphatic imine (C=N–C) groups is 1. The maximum Gasteiger partial charge on any atom is 0.251 e. The summed E-state index contributed by atoms with van der Waals surface area (Å²) in [6.07, 6.45) is 11.7. The average molecular weight is 568 g/mol. The molecule has 10 heteroatoms. The number of amides is 1. The van der Waals surface area contributed by atoms with Crippen molar-refractivity contribution >= 4 is 17.8 Å². The highest BCUT2D eigenvalue weighted by atomic mass is 16.1. The maximum atomic E-state index is 13.1. The van der Waals surface area contributed by atoms with Crippen molar-refractivity contribution in [1.82, 2.24) is 37.0 Å². The van der Waals surface area contributed by atoms with Gasteiger partial charge in [-0.2, -0.15) is 0 Å². The predicted octanol–water partition coefficient (Wildman–Crippen LogP) is 2.23. The molecule has 0 bridgehead atoms. The Bertz CT molecular complexity index is 1000. The van der Waals surface area contributed by atoms with Gasteiger partial charge in [0.25, 0.3) is 5.91 Å². The third-order valence-corrected chi connectivity index (χ3v) is 9.78. The summed E-state index contributed by atoms with van der Waals surface area (Å²) in [5.74, 6) is 0.917. The lowest BCUT2D eigenvalue weighted by Gasteiger charge is -2.41. The Morgan fingerprint density at radius 1 is 1.10 bits per heavy atom. The molecule has 0 aromatic heterocycles. The molecule has 8 atom stereocenters. The van der Waals surface area contributed by atoms with E-state index < -0.39 is 0 Å². The van der Waals surface area contributed by atoms with Gasteiger partial charge in [0.15, 0.2) is 0 Å². The van der Waals surface area contributed by atoms with E-state index in [1.807, 2.05) is 18.2 Å². The number of carbonyl (C=O) groups excluding carboxylic acids is 1. The first-order valence-corrected chi connectivity index (χ1v) is 16.1. The summed E-state index contributed by atoms with van der Waals surface area (Å²) in [5, 5.41) is 17.7. The summed E-state index contributed by atoms with van der Waals surface area (Å²) in [7, 11) is 2.09.